The Bertz CT molecular complexity index is 1010. The summed E-state index contributed by atoms with van der Waals surface area (Å²) in [5.74, 6) is -1.41. The third-order valence-electron chi connectivity index (χ3n) is 6.83. The number of carbonyl (C=O) groups excluding carboxylic acids is 2. The highest BCUT2D eigenvalue weighted by Crippen LogP contribution is 2.44. The molecule has 4 rings (SSSR count). The van der Waals surface area contributed by atoms with Crippen LogP contribution in [0.3, 0.4) is 0 Å². The van der Waals surface area contributed by atoms with Gasteiger partial charge in [0, 0.05) is 12.5 Å². The molecule has 34 heavy (non-hydrogen) atoms. The van der Waals surface area contributed by atoms with Crippen molar-refractivity contribution in [1.82, 2.24) is 10.2 Å². The standard InChI is InChI=1S/C27H32N2O5/c1-2-10-23(25(30)29-16-9-3-4-15-24(29)26(31)32)28-27(33)34-17-22-20-13-7-5-11-18(20)19-12-6-8-14-21(19)22/h5-8,11-14,22-24H,2-4,9-10,15-17H2,1H3,(H,28,33)(H,31,32)/t23-,24?/m0/s1. The quantitative estimate of drug-likeness (QED) is 0.627. The van der Waals surface area contributed by atoms with E-state index < -0.39 is 24.1 Å². The van der Waals surface area contributed by atoms with Gasteiger partial charge in [0.15, 0.2) is 0 Å². The Balaban J connectivity index is 1.44. The number of nitrogens with zero attached hydrogens (tertiary/aromatic N) is 1. The summed E-state index contributed by atoms with van der Waals surface area (Å²) in [6, 6.07) is 14.6. The molecule has 0 saturated carbocycles. The number of carboxylic acid groups (broad SMARTS) is 1. The van der Waals surface area contributed by atoms with Gasteiger partial charge in [-0.15, -0.1) is 0 Å². The van der Waals surface area contributed by atoms with E-state index in [1.54, 1.807) is 0 Å². The Labute approximate surface area is 200 Å². The highest BCUT2D eigenvalue weighted by molar-refractivity contribution is 5.89. The maximum absolute atomic E-state index is 13.3. The summed E-state index contributed by atoms with van der Waals surface area (Å²) >= 11 is 0. The van der Waals surface area contributed by atoms with Gasteiger partial charge in [0.25, 0.3) is 0 Å². The predicted octanol–water partition coefficient (Wildman–Crippen LogP) is 4.55. The molecule has 0 radical (unpaired) electrons. The molecule has 0 aromatic heterocycles. The largest absolute Gasteiger partial charge is 0.480 e. The molecule has 2 aromatic carbocycles. The lowest BCUT2D eigenvalue weighted by atomic mass is 9.98. The van der Waals surface area contributed by atoms with Crippen molar-refractivity contribution in [3.05, 3.63) is 59.7 Å². The third-order valence-corrected chi connectivity index (χ3v) is 6.83. The van der Waals surface area contributed by atoms with E-state index in [-0.39, 0.29) is 18.4 Å². The van der Waals surface area contributed by atoms with Gasteiger partial charge < -0.3 is 20.1 Å². The van der Waals surface area contributed by atoms with Crippen LogP contribution in [0.5, 0.6) is 0 Å². The molecule has 1 unspecified atom stereocenters. The van der Waals surface area contributed by atoms with Crippen molar-refractivity contribution in [2.45, 2.75) is 63.5 Å². The Hall–Kier alpha value is -3.35. The summed E-state index contributed by atoms with van der Waals surface area (Å²) in [4.78, 5) is 39.2. The van der Waals surface area contributed by atoms with Crippen LogP contribution in [0.4, 0.5) is 4.79 Å². The summed E-state index contributed by atoms with van der Waals surface area (Å²) in [5, 5.41) is 12.4. The van der Waals surface area contributed by atoms with E-state index in [2.05, 4.69) is 29.6 Å². The Morgan fingerprint density at radius 1 is 1.03 bits per heavy atom. The normalized spacial score (nSPS) is 18.4. The van der Waals surface area contributed by atoms with E-state index in [1.165, 1.54) is 4.90 Å². The minimum Gasteiger partial charge on any atom is -0.480 e. The molecule has 0 spiro atoms. The van der Waals surface area contributed by atoms with E-state index in [0.29, 0.717) is 25.8 Å². The molecule has 1 saturated heterocycles. The Kier molecular flexibility index (Phi) is 7.50. The van der Waals surface area contributed by atoms with Gasteiger partial charge in [-0.2, -0.15) is 0 Å². The summed E-state index contributed by atoms with van der Waals surface area (Å²) in [5.41, 5.74) is 4.53. The number of rotatable bonds is 7. The van der Waals surface area contributed by atoms with Crippen LogP contribution in [0.1, 0.15) is 62.5 Å². The van der Waals surface area contributed by atoms with Gasteiger partial charge in [0.1, 0.15) is 18.7 Å². The summed E-state index contributed by atoms with van der Waals surface area (Å²) in [6.45, 7) is 2.48. The molecule has 1 fully saturated rings. The maximum Gasteiger partial charge on any atom is 0.407 e. The minimum absolute atomic E-state index is 0.0690. The number of alkyl carbamates (subject to hydrolysis) is 1. The van der Waals surface area contributed by atoms with Gasteiger partial charge in [-0.1, -0.05) is 74.7 Å². The van der Waals surface area contributed by atoms with Gasteiger partial charge >= 0.3 is 12.1 Å². The summed E-state index contributed by atoms with van der Waals surface area (Å²) in [6.07, 6.45) is 3.31. The van der Waals surface area contributed by atoms with Crippen LogP contribution >= 0.6 is 0 Å². The molecule has 2 amide bonds. The zero-order chi connectivity index (χ0) is 24.1. The topological polar surface area (TPSA) is 95.9 Å². The number of nitrogens with one attached hydrogen (secondary N) is 1. The average Bonchev–Trinajstić information content (AvgIpc) is 2.97. The molecule has 7 nitrogen and oxygen atoms in total. The number of amides is 2. The lowest BCUT2D eigenvalue weighted by Crippen LogP contribution is -2.53. The number of hydrogen-bond donors (Lipinski definition) is 2. The van der Waals surface area contributed by atoms with Crippen molar-refractivity contribution in [2.24, 2.45) is 0 Å². The first-order chi connectivity index (χ1) is 16.5. The van der Waals surface area contributed by atoms with Gasteiger partial charge in [0.05, 0.1) is 0 Å². The average molecular weight is 465 g/mol. The highest BCUT2D eigenvalue weighted by Gasteiger charge is 2.35. The summed E-state index contributed by atoms with van der Waals surface area (Å²) < 4.78 is 5.62. The number of benzene rings is 2. The maximum atomic E-state index is 13.3. The Morgan fingerprint density at radius 2 is 1.68 bits per heavy atom. The number of aliphatic carboxylic acids is 1. The molecule has 0 bridgehead atoms. The fraction of sp³-hybridized carbons (Fsp3) is 0.444. The van der Waals surface area contributed by atoms with E-state index in [9.17, 15) is 19.5 Å². The van der Waals surface area contributed by atoms with E-state index >= 15 is 0 Å². The van der Waals surface area contributed by atoms with Crippen molar-refractivity contribution < 1.29 is 24.2 Å². The molecule has 7 heteroatoms. The van der Waals surface area contributed by atoms with Crippen LogP contribution in [-0.2, 0) is 14.3 Å². The van der Waals surface area contributed by atoms with Gasteiger partial charge in [-0.25, -0.2) is 9.59 Å². The molecule has 2 aromatic rings. The lowest BCUT2D eigenvalue weighted by molar-refractivity contribution is -0.151. The number of hydrogen-bond acceptors (Lipinski definition) is 4. The fourth-order valence-electron chi connectivity index (χ4n) is 5.16. The van der Waals surface area contributed by atoms with Crippen molar-refractivity contribution in [1.29, 1.82) is 0 Å². The second-order valence-corrected chi connectivity index (χ2v) is 9.05. The molecule has 2 atom stereocenters. The van der Waals surface area contributed by atoms with Crippen LogP contribution in [0.15, 0.2) is 48.5 Å². The van der Waals surface area contributed by atoms with E-state index in [1.807, 2.05) is 31.2 Å². The smallest absolute Gasteiger partial charge is 0.407 e. The molecule has 2 N–H and O–H groups in total. The first-order valence-electron chi connectivity index (χ1n) is 12.2. The van der Waals surface area contributed by atoms with Crippen LogP contribution in [0, 0.1) is 0 Å². The van der Waals surface area contributed by atoms with Crippen LogP contribution < -0.4 is 5.32 Å². The minimum atomic E-state index is -0.994. The zero-order valence-corrected chi connectivity index (χ0v) is 19.5. The number of ether oxygens (including phenoxy) is 1. The second-order valence-electron chi connectivity index (χ2n) is 9.05. The monoisotopic (exact) mass is 464 g/mol. The van der Waals surface area contributed by atoms with Crippen molar-refractivity contribution >= 4 is 18.0 Å². The van der Waals surface area contributed by atoms with Crippen LogP contribution in [0.25, 0.3) is 11.1 Å². The van der Waals surface area contributed by atoms with Crippen LogP contribution in [0.2, 0.25) is 0 Å². The van der Waals surface area contributed by atoms with Gasteiger partial charge in [0.2, 0.25) is 5.91 Å². The van der Waals surface area contributed by atoms with Gasteiger partial charge in [-0.3, -0.25) is 4.79 Å². The van der Waals surface area contributed by atoms with Gasteiger partial charge in [-0.05, 0) is 41.5 Å². The van der Waals surface area contributed by atoms with Crippen molar-refractivity contribution in [3.8, 4) is 11.1 Å². The SMILES string of the molecule is CCC[C@H](NC(=O)OCC1c2ccccc2-c2ccccc21)C(=O)N1CCCCCC1C(=O)O. The Morgan fingerprint density at radius 3 is 2.29 bits per heavy atom. The lowest BCUT2D eigenvalue weighted by Gasteiger charge is -2.31. The molecular formula is C27H32N2O5. The molecule has 180 valence electrons. The number of likely N-dealkylation sites (tertiary alicyclic amines) is 1. The number of carbonyl (C=O) groups is 3. The highest BCUT2D eigenvalue weighted by atomic mass is 16.5. The van der Waals surface area contributed by atoms with Crippen molar-refractivity contribution in [2.75, 3.05) is 13.2 Å². The van der Waals surface area contributed by atoms with Crippen molar-refractivity contribution in [3.63, 3.8) is 0 Å². The van der Waals surface area contributed by atoms with E-state index in [4.69, 9.17) is 4.74 Å². The van der Waals surface area contributed by atoms with E-state index in [0.717, 1.165) is 41.5 Å². The molecular weight excluding hydrogens is 432 g/mol. The fourth-order valence-corrected chi connectivity index (χ4v) is 5.16. The number of fused-ring (bicyclic) bond motifs is 3. The summed E-state index contributed by atoms with van der Waals surface area (Å²) in [7, 11) is 0. The first-order valence-corrected chi connectivity index (χ1v) is 12.2. The molecule has 2 aliphatic rings. The van der Waals surface area contributed by atoms with Crippen LogP contribution in [-0.4, -0.2) is 53.2 Å². The molecule has 1 heterocycles. The first kappa shape index (κ1) is 23.8. The molecule has 1 aliphatic carbocycles. The molecule has 1 aliphatic heterocycles. The second kappa shape index (κ2) is 10.7. The zero-order valence-electron chi connectivity index (χ0n) is 19.5. The predicted molar refractivity (Wildman–Crippen MR) is 129 cm³/mol. The third kappa shape index (κ3) is 4.93. The number of carboxylic acids is 1.